The molecular weight excluding hydrogens is 358 g/mol. The summed E-state index contributed by atoms with van der Waals surface area (Å²) < 4.78 is 10.3. The van der Waals surface area contributed by atoms with E-state index in [1.165, 1.54) is 6.08 Å². The number of hydrogen-bond acceptors (Lipinski definition) is 6. The summed E-state index contributed by atoms with van der Waals surface area (Å²) in [5, 5.41) is 9.31. The van der Waals surface area contributed by atoms with Crippen molar-refractivity contribution in [1.82, 2.24) is 4.90 Å². The molecule has 0 spiro atoms. The van der Waals surface area contributed by atoms with Gasteiger partial charge in [-0.25, -0.2) is 9.59 Å². The van der Waals surface area contributed by atoms with Gasteiger partial charge in [-0.2, -0.15) is 5.26 Å². The second kappa shape index (κ2) is 9.27. The van der Waals surface area contributed by atoms with E-state index in [0.29, 0.717) is 43.9 Å². The minimum Gasteiger partial charge on any atom is -0.463 e. The molecule has 1 aromatic rings. The first-order valence-electron chi connectivity index (χ1n) is 9.35. The molecule has 1 fully saturated rings. The SMILES string of the molecule is CCOC(=O)C=Cc1cc(N2CCN(C(=O)OC(C)(C)C)CC2)ccc1C#N. The third kappa shape index (κ3) is 6.02. The van der Waals surface area contributed by atoms with Crippen LogP contribution >= 0.6 is 0 Å². The number of hydrogen-bond donors (Lipinski definition) is 0. The predicted octanol–water partition coefficient (Wildman–Crippen LogP) is 3.19. The van der Waals surface area contributed by atoms with Gasteiger partial charge < -0.3 is 19.3 Å². The third-order valence-corrected chi connectivity index (χ3v) is 4.14. The zero-order chi connectivity index (χ0) is 20.7. The molecule has 7 nitrogen and oxygen atoms in total. The Morgan fingerprint density at radius 3 is 2.46 bits per heavy atom. The summed E-state index contributed by atoms with van der Waals surface area (Å²) in [6.45, 7) is 10.0. The van der Waals surface area contributed by atoms with Crippen LogP contribution in [0.4, 0.5) is 10.5 Å². The van der Waals surface area contributed by atoms with E-state index < -0.39 is 11.6 Å². The Balaban J connectivity index is 2.07. The molecular formula is C21H27N3O4. The maximum Gasteiger partial charge on any atom is 0.410 e. The Morgan fingerprint density at radius 2 is 1.89 bits per heavy atom. The number of carbonyl (C=O) groups is 2. The lowest BCUT2D eigenvalue weighted by Gasteiger charge is -2.36. The largest absolute Gasteiger partial charge is 0.463 e. The molecule has 1 amide bonds. The highest BCUT2D eigenvalue weighted by molar-refractivity contribution is 5.87. The van der Waals surface area contributed by atoms with Crippen LogP contribution in [0, 0.1) is 11.3 Å². The number of piperazine rings is 1. The molecule has 0 unspecified atom stereocenters. The van der Waals surface area contributed by atoms with Gasteiger partial charge in [-0.05, 0) is 57.5 Å². The molecule has 7 heteroatoms. The van der Waals surface area contributed by atoms with Crippen molar-refractivity contribution < 1.29 is 19.1 Å². The summed E-state index contributed by atoms with van der Waals surface area (Å²) in [4.78, 5) is 27.6. The number of carbonyl (C=O) groups excluding carboxylic acids is 2. The Labute approximate surface area is 166 Å². The molecule has 1 aromatic carbocycles. The first-order chi connectivity index (χ1) is 13.2. The standard InChI is InChI=1S/C21H27N3O4/c1-5-27-19(25)9-7-16-14-18(8-6-17(16)15-22)23-10-12-24(13-11-23)20(26)28-21(2,3)4/h6-9,14H,5,10-13H2,1-4H3. The zero-order valence-electron chi connectivity index (χ0n) is 16.9. The number of nitrogens with zero attached hydrogens (tertiary/aromatic N) is 3. The number of benzene rings is 1. The summed E-state index contributed by atoms with van der Waals surface area (Å²) >= 11 is 0. The van der Waals surface area contributed by atoms with E-state index in [1.807, 2.05) is 32.9 Å². The maximum absolute atomic E-state index is 12.2. The third-order valence-electron chi connectivity index (χ3n) is 4.14. The van der Waals surface area contributed by atoms with Crippen LogP contribution < -0.4 is 4.90 Å². The van der Waals surface area contributed by atoms with E-state index in [2.05, 4.69) is 11.0 Å². The first kappa shape index (κ1) is 21.3. The Bertz CT molecular complexity index is 782. The van der Waals surface area contributed by atoms with Crippen LogP contribution in [0.15, 0.2) is 24.3 Å². The van der Waals surface area contributed by atoms with Gasteiger partial charge in [-0.1, -0.05) is 0 Å². The van der Waals surface area contributed by atoms with Crippen LogP contribution in [0.3, 0.4) is 0 Å². The highest BCUT2D eigenvalue weighted by Crippen LogP contribution is 2.22. The van der Waals surface area contributed by atoms with Crippen molar-refractivity contribution in [2.45, 2.75) is 33.3 Å². The second-order valence-electron chi connectivity index (χ2n) is 7.42. The van der Waals surface area contributed by atoms with E-state index in [9.17, 15) is 14.9 Å². The molecule has 28 heavy (non-hydrogen) atoms. The number of amides is 1. The molecule has 0 bridgehead atoms. The van der Waals surface area contributed by atoms with Crippen LogP contribution in [0.25, 0.3) is 6.08 Å². The number of anilines is 1. The zero-order valence-corrected chi connectivity index (χ0v) is 16.9. The molecule has 1 aliphatic rings. The first-order valence-corrected chi connectivity index (χ1v) is 9.35. The molecule has 1 saturated heterocycles. The van der Waals surface area contributed by atoms with Gasteiger partial charge in [0, 0.05) is 37.9 Å². The molecule has 1 aliphatic heterocycles. The van der Waals surface area contributed by atoms with Gasteiger partial charge in [0.15, 0.2) is 0 Å². The van der Waals surface area contributed by atoms with Crippen LogP contribution in [0.2, 0.25) is 0 Å². The minimum atomic E-state index is -0.512. The highest BCUT2D eigenvalue weighted by atomic mass is 16.6. The van der Waals surface area contributed by atoms with Crippen molar-refractivity contribution in [3.8, 4) is 6.07 Å². The summed E-state index contributed by atoms with van der Waals surface area (Å²) in [5.41, 5.74) is 1.56. The average molecular weight is 385 g/mol. The topological polar surface area (TPSA) is 82.9 Å². The van der Waals surface area contributed by atoms with Crippen LogP contribution in [-0.4, -0.2) is 55.3 Å². The lowest BCUT2D eigenvalue weighted by atomic mass is 10.1. The second-order valence-corrected chi connectivity index (χ2v) is 7.42. The fourth-order valence-electron chi connectivity index (χ4n) is 2.81. The van der Waals surface area contributed by atoms with Gasteiger partial charge in [0.1, 0.15) is 5.60 Å². The van der Waals surface area contributed by atoms with E-state index in [4.69, 9.17) is 9.47 Å². The Morgan fingerprint density at radius 1 is 1.21 bits per heavy atom. The van der Waals surface area contributed by atoms with Gasteiger partial charge in [0.05, 0.1) is 18.2 Å². The number of rotatable bonds is 4. The monoisotopic (exact) mass is 385 g/mol. The summed E-state index contributed by atoms with van der Waals surface area (Å²) in [5.74, 6) is -0.442. The van der Waals surface area contributed by atoms with Crippen molar-refractivity contribution in [1.29, 1.82) is 5.26 Å². The lowest BCUT2D eigenvalue weighted by Crippen LogP contribution is -2.50. The fourth-order valence-corrected chi connectivity index (χ4v) is 2.81. The van der Waals surface area contributed by atoms with Gasteiger partial charge in [-0.15, -0.1) is 0 Å². The maximum atomic E-state index is 12.2. The molecule has 0 aliphatic carbocycles. The molecule has 1 heterocycles. The quantitative estimate of drug-likeness (QED) is 0.585. The van der Waals surface area contributed by atoms with E-state index in [0.717, 1.165) is 5.69 Å². The van der Waals surface area contributed by atoms with Gasteiger partial charge in [-0.3, -0.25) is 0 Å². The minimum absolute atomic E-state index is 0.301. The van der Waals surface area contributed by atoms with Gasteiger partial charge >= 0.3 is 12.1 Å². The molecule has 0 atom stereocenters. The summed E-state index contributed by atoms with van der Waals surface area (Å²) in [7, 11) is 0. The Kier molecular flexibility index (Phi) is 7.05. The molecule has 0 radical (unpaired) electrons. The van der Waals surface area contributed by atoms with Gasteiger partial charge in [0.2, 0.25) is 0 Å². The highest BCUT2D eigenvalue weighted by Gasteiger charge is 2.26. The van der Waals surface area contributed by atoms with Gasteiger partial charge in [0.25, 0.3) is 0 Å². The van der Waals surface area contributed by atoms with Crippen molar-refractivity contribution in [3.63, 3.8) is 0 Å². The number of nitriles is 1. The number of esters is 1. The van der Waals surface area contributed by atoms with Crippen molar-refractivity contribution in [2.75, 3.05) is 37.7 Å². The summed E-state index contributed by atoms with van der Waals surface area (Å²) in [6.07, 6.45) is 2.62. The lowest BCUT2D eigenvalue weighted by molar-refractivity contribution is -0.137. The van der Waals surface area contributed by atoms with Crippen LogP contribution in [-0.2, 0) is 14.3 Å². The predicted molar refractivity (Wildman–Crippen MR) is 107 cm³/mol. The molecule has 150 valence electrons. The fraction of sp³-hybridized carbons (Fsp3) is 0.476. The molecule has 0 aromatic heterocycles. The van der Waals surface area contributed by atoms with Crippen LogP contribution in [0.5, 0.6) is 0 Å². The van der Waals surface area contributed by atoms with E-state index in [-0.39, 0.29) is 6.09 Å². The summed E-state index contributed by atoms with van der Waals surface area (Å²) in [6, 6.07) is 7.62. The van der Waals surface area contributed by atoms with E-state index >= 15 is 0 Å². The molecule has 0 saturated carbocycles. The van der Waals surface area contributed by atoms with Crippen molar-refractivity contribution >= 4 is 23.8 Å². The van der Waals surface area contributed by atoms with Crippen molar-refractivity contribution in [2.24, 2.45) is 0 Å². The van der Waals surface area contributed by atoms with Crippen LogP contribution in [0.1, 0.15) is 38.8 Å². The van der Waals surface area contributed by atoms with Crippen molar-refractivity contribution in [3.05, 3.63) is 35.4 Å². The van der Waals surface area contributed by atoms with E-state index in [1.54, 1.807) is 24.0 Å². The molecule has 0 N–H and O–H groups in total. The average Bonchev–Trinajstić information content (AvgIpc) is 2.65. The normalized spacial score (nSPS) is 14.7. The Hall–Kier alpha value is -3.01. The molecule has 2 rings (SSSR count). The number of ether oxygens (including phenoxy) is 2. The smallest absolute Gasteiger partial charge is 0.410 e.